The fourth-order valence-electron chi connectivity index (χ4n) is 4.38. The van der Waals surface area contributed by atoms with E-state index >= 15 is 0 Å². The molecule has 2 aromatic rings. The zero-order chi connectivity index (χ0) is 27.3. The summed E-state index contributed by atoms with van der Waals surface area (Å²) < 4.78 is 68.4. The highest BCUT2D eigenvalue weighted by Gasteiger charge is 2.32. The van der Waals surface area contributed by atoms with Crippen molar-refractivity contribution >= 4 is 17.5 Å². The maximum atomic E-state index is 14.3. The summed E-state index contributed by atoms with van der Waals surface area (Å²) in [4.78, 5) is 31.0. The zero-order valence-electron chi connectivity index (χ0n) is 21.2. The normalized spacial score (nSPS) is 16.4. The Morgan fingerprint density at radius 1 is 1.00 bits per heavy atom. The summed E-state index contributed by atoms with van der Waals surface area (Å²) in [5, 5.41) is 3.65. The molecule has 3 rings (SSSR count). The molecule has 0 saturated carbocycles. The Bertz CT molecular complexity index is 1100. The van der Waals surface area contributed by atoms with Crippen molar-refractivity contribution < 1.29 is 31.5 Å². The predicted octanol–water partition coefficient (Wildman–Crippen LogP) is 4.46. The van der Waals surface area contributed by atoms with Crippen molar-refractivity contribution in [2.24, 2.45) is 0 Å². The average molecular weight is 530 g/mol. The number of carbonyl (C=O) groups is 2. The van der Waals surface area contributed by atoms with Gasteiger partial charge in [-0.3, -0.25) is 14.3 Å². The second-order valence-corrected chi connectivity index (χ2v) is 9.37. The lowest BCUT2D eigenvalue weighted by Crippen LogP contribution is -2.41. The molecule has 2 amide bonds. The standard InChI is InChI=1S/C25H32F5N5O2/c1-4-23(36)35-10-6-8-32(17(2)3)7-5-9-33(14-18-11-20(26)21(27)12-22(18)35)24(37)16-34-15-19(13-31-34)25(28,29)30/h11-13,15,17H,4-10,14,16H2,1-3H3. The summed E-state index contributed by atoms with van der Waals surface area (Å²) in [5.74, 6) is -3.03. The molecule has 0 radical (unpaired) electrons. The predicted molar refractivity (Wildman–Crippen MR) is 128 cm³/mol. The van der Waals surface area contributed by atoms with E-state index in [0.717, 1.165) is 23.0 Å². The van der Waals surface area contributed by atoms with Gasteiger partial charge in [-0.15, -0.1) is 0 Å². The second-order valence-electron chi connectivity index (χ2n) is 9.37. The Morgan fingerprint density at radius 3 is 2.24 bits per heavy atom. The number of amides is 2. The number of hydrogen-bond acceptors (Lipinski definition) is 4. The van der Waals surface area contributed by atoms with E-state index in [4.69, 9.17) is 0 Å². The van der Waals surface area contributed by atoms with E-state index < -0.39 is 35.8 Å². The van der Waals surface area contributed by atoms with Gasteiger partial charge in [-0.25, -0.2) is 8.78 Å². The van der Waals surface area contributed by atoms with Crippen molar-refractivity contribution in [3.63, 3.8) is 0 Å². The number of halogens is 5. The Hall–Kier alpha value is -3.02. The van der Waals surface area contributed by atoms with Gasteiger partial charge in [0.05, 0.1) is 17.4 Å². The Balaban J connectivity index is 1.97. The van der Waals surface area contributed by atoms with Crippen LogP contribution in [-0.4, -0.2) is 63.6 Å². The van der Waals surface area contributed by atoms with Gasteiger partial charge in [-0.2, -0.15) is 18.3 Å². The first-order chi connectivity index (χ1) is 17.4. The topological polar surface area (TPSA) is 61.7 Å². The van der Waals surface area contributed by atoms with Crippen molar-refractivity contribution in [1.29, 1.82) is 0 Å². The molecule has 204 valence electrons. The van der Waals surface area contributed by atoms with E-state index in [0.29, 0.717) is 32.1 Å². The molecule has 0 saturated heterocycles. The van der Waals surface area contributed by atoms with Crippen molar-refractivity contribution in [1.82, 2.24) is 19.6 Å². The van der Waals surface area contributed by atoms with Crippen molar-refractivity contribution in [3.8, 4) is 0 Å². The number of benzene rings is 1. The van der Waals surface area contributed by atoms with Gasteiger partial charge in [0.1, 0.15) is 6.54 Å². The molecule has 37 heavy (non-hydrogen) atoms. The molecule has 1 aliphatic heterocycles. The molecule has 0 aliphatic carbocycles. The number of anilines is 1. The molecular formula is C25H32F5N5O2. The van der Waals surface area contributed by atoms with Gasteiger partial charge in [0.2, 0.25) is 11.8 Å². The minimum absolute atomic E-state index is 0.145. The van der Waals surface area contributed by atoms with Crippen LogP contribution in [0.25, 0.3) is 0 Å². The van der Waals surface area contributed by atoms with Crippen LogP contribution in [0.2, 0.25) is 0 Å². The van der Waals surface area contributed by atoms with Gasteiger partial charge in [0.25, 0.3) is 0 Å². The molecule has 0 bridgehead atoms. The summed E-state index contributed by atoms with van der Waals surface area (Å²) in [6.45, 7) is 6.97. The Kier molecular flexibility index (Phi) is 9.27. The summed E-state index contributed by atoms with van der Waals surface area (Å²) in [7, 11) is 0. The third-order valence-electron chi connectivity index (χ3n) is 6.42. The number of rotatable bonds is 4. The van der Waals surface area contributed by atoms with E-state index in [9.17, 15) is 31.5 Å². The van der Waals surface area contributed by atoms with E-state index in [2.05, 4.69) is 10.00 Å². The molecule has 1 aromatic heterocycles. The van der Waals surface area contributed by atoms with Crippen LogP contribution in [0.15, 0.2) is 24.5 Å². The zero-order valence-corrected chi connectivity index (χ0v) is 21.2. The molecule has 0 unspecified atom stereocenters. The van der Waals surface area contributed by atoms with Crippen molar-refractivity contribution in [2.45, 2.75) is 65.3 Å². The van der Waals surface area contributed by atoms with Crippen LogP contribution >= 0.6 is 0 Å². The second kappa shape index (κ2) is 12.0. The first kappa shape index (κ1) is 28.5. The molecular weight excluding hydrogens is 497 g/mol. The first-order valence-electron chi connectivity index (χ1n) is 12.3. The van der Waals surface area contributed by atoms with Crippen LogP contribution in [0, 0.1) is 11.6 Å². The third-order valence-corrected chi connectivity index (χ3v) is 6.42. The molecule has 1 aliphatic rings. The molecule has 12 heteroatoms. The smallest absolute Gasteiger partial charge is 0.337 e. The molecule has 1 aromatic carbocycles. The van der Waals surface area contributed by atoms with E-state index in [-0.39, 0.29) is 49.3 Å². The largest absolute Gasteiger partial charge is 0.419 e. The number of hydrogen-bond donors (Lipinski definition) is 0. The van der Waals surface area contributed by atoms with Crippen LogP contribution in [0.5, 0.6) is 0 Å². The highest BCUT2D eigenvalue weighted by atomic mass is 19.4. The highest BCUT2D eigenvalue weighted by Crippen LogP contribution is 2.29. The van der Waals surface area contributed by atoms with Crippen molar-refractivity contribution in [3.05, 3.63) is 47.3 Å². The monoisotopic (exact) mass is 529 g/mol. The lowest BCUT2D eigenvalue weighted by molar-refractivity contribution is -0.138. The average Bonchev–Trinajstić information content (AvgIpc) is 3.29. The molecule has 7 nitrogen and oxygen atoms in total. The van der Waals surface area contributed by atoms with Gasteiger partial charge in [-0.05, 0) is 38.3 Å². The molecule has 0 N–H and O–H groups in total. The summed E-state index contributed by atoms with van der Waals surface area (Å²) in [6, 6.07) is 2.14. The molecule has 0 spiro atoms. The third kappa shape index (κ3) is 7.27. The van der Waals surface area contributed by atoms with Crippen LogP contribution < -0.4 is 4.90 Å². The maximum absolute atomic E-state index is 14.3. The first-order valence-corrected chi connectivity index (χ1v) is 12.3. The van der Waals surface area contributed by atoms with Crippen LogP contribution in [-0.2, 0) is 28.9 Å². The lowest BCUT2D eigenvalue weighted by atomic mass is 10.1. The van der Waals surface area contributed by atoms with Crippen molar-refractivity contribution in [2.75, 3.05) is 31.1 Å². The number of nitrogens with zero attached hydrogens (tertiary/aromatic N) is 5. The van der Waals surface area contributed by atoms with E-state index in [1.807, 2.05) is 13.8 Å². The Labute approximate surface area is 212 Å². The van der Waals surface area contributed by atoms with Gasteiger partial charge in [-0.1, -0.05) is 6.92 Å². The molecule has 0 fully saturated rings. The lowest BCUT2D eigenvalue weighted by Gasteiger charge is -2.33. The summed E-state index contributed by atoms with van der Waals surface area (Å²) in [6.07, 6.45) is -1.87. The van der Waals surface area contributed by atoms with Gasteiger partial charge in [0, 0.05) is 57.4 Å². The van der Waals surface area contributed by atoms with Crippen LogP contribution in [0.4, 0.5) is 27.6 Å². The molecule has 2 heterocycles. The van der Waals surface area contributed by atoms with E-state index in [1.54, 1.807) is 6.92 Å². The fraction of sp³-hybridized carbons (Fsp3) is 0.560. The van der Waals surface area contributed by atoms with E-state index in [1.165, 1.54) is 9.80 Å². The number of alkyl halides is 3. The number of carbonyl (C=O) groups excluding carboxylic acids is 2. The molecule has 0 atom stereocenters. The fourth-order valence-corrected chi connectivity index (χ4v) is 4.38. The maximum Gasteiger partial charge on any atom is 0.419 e. The summed E-state index contributed by atoms with van der Waals surface area (Å²) >= 11 is 0. The minimum Gasteiger partial charge on any atom is -0.337 e. The number of aromatic nitrogens is 2. The van der Waals surface area contributed by atoms with Gasteiger partial charge >= 0.3 is 6.18 Å². The van der Waals surface area contributed by atoms with Gasteiger partial charge in [0.15, 0.2) is 11.6 Å². The Morgan fingerprint density at radius 2 is 1.65 bits per heavy atom. The van der Waals surface area contributed by atoms with Crippen LogP contribution in [0.1, 0.15) is 51.2 Å². The van der Waals surface area contributed by atoms with Gasteiger partial charge < -0.3 is 14.7 Å². The minimum atomic E-state index is -4.59. The van der Waals surface area contributed by atoms with Crippen LogP contribution in [0.3, 0.4) is 0 Å². The SMILES string of the molecule is CCC(=O)N1CCCN(C(C)C)CCCN(C(=O)Cn2cc(C(F)(F)F)cn2)Cc2cc(F)c(F)cc21. The highest BCUT2D eigenvalue weighted by molar-refractivity contribution is 5.94. The quantitative estimate of drug-likeness (QED) is 0.549. The summed E-state index contributed by atoms with van der Waals surface area (Å²) in [5.41, 5.74) is -0.552. The number of fused-ring (bicyclic) bond motifs is 1.